The van der Waals surface area contributed by atoms with Gasteiger partial charge in [-0.15, -0.1) is 24.0 Å². The van der Waals surface area contributed by atoms with E-state index in [0.29, 0.717) is 5.41 Å². The summed E-state index contributed by atoms with van der Waals surface area (Å²) in [6.07, 6.45) is 14.7. The van der Waals surface area contributed by atoms with Crippen molar-refractivity contribution in [3.8, 4) is 0 Å². The number of aliphatic imine (C=N–C) groups is 1. The van der Waals surface area contributed by atoms with Gasteiger partial charge in [0.2, 0.25) is 0 Å². The average Bonchev–Trinajstić information content (AvgIpc) is 3.15. The largest absolute Gasteiger partial charge is 0.356 e. The number of aromatic nitrogens is 2. The van der Waals surface area contributed by atoms with Gasteiger partial charge in [-0.25, -0.2) is 0 Å². The van der Waals surface area contributed by atoms with Gasteiger partial charge < -0.3 is 10.2 Å². The van der Waals surface area contributed by atoms with Crippen LogP contribution in [-0.2, 0) is 13.5 Å². The van der Waals surface area contributed by atoms with Crippen LogP contribution in [0.25, 0.3) is 0 Å². The fraction of sp³-hybridized carbons (Fsp3) is 0.778. The van der Waals surface area contributed by atoms with Crippen molar-refractivity contribution in [2.45, 2.75) is 51.4 Å². The van der Waals surface area contributed by atoms with Crippen molar-refractivity contribution in [3.05, 3.63) is 18.0 Å². The van der Waals surface area contributed by atoms with Crippen molar-refractivity contribution >= 4 is 29.9 Å². The fourth-order valence-corrected chi connectivity index (χ4v) is 4.25. The molecule has 1 aliphatic heterocycles. The molecule has 6 heteroatoms. The van der Waals surface area contributed by atoms with Gasteiger partial charge in [0.25, 0.3) is 0 Å². The van der Waals surface area contributed by atoms with Gasteiger partial charge in [0.05, 0.1) is 6.20 Å². The van der Waals surface area contributed by atoms with Crippen molar-refractivity contribution in [3.63, 3.8) is 0 Å². The Morgan fingerprint density at radius 3 is 2.75 bits per heavy atom. The molecule has 136 valence electrons. The molecule has 1 aliphatic carbocycles. The SMILES string of the molecule is CN=C(NCCCc1cnn(C)c1)N1CCC2(CCCCC2)C1.I. The third kappa shape index (κ3) is 4.86. The molecule has 3 rings (SSSR count). The van der Waals surface area contributed by atoms with Crippen LogP contribution >= 0.6 is 24.0 Å². The lowest BCUT2D eigenvalue weighted by Gasteiger charge is -2.33. The van der Waals surface area contributed by atoms with Crippen LogP contribution in [0, 0.1) is 5.41 Å². The lowest BCUT2D eigenvalue weighted by atomic mass is 9.73. The van der Waals surface area contributed by atoms with E-state index in [4.69, 9.17) is 0 Å². The van der Waals surface area contributed by atoms with E-state index < -0.39 is 0 Å². The van der Waals surface area contributed by atoms with E-state index >= 15 is 0 Å². The van der Waals surface area contributed by atoms with E-state index in [9.17, 15) is 0 Å². The molecule has 0 unspecified atom stereocenters. The number of nitrogens with zero attached hydrogens (tertiary/aromatic N) is 4. The van der Waals surface area contributed by atoms with Gasteiger partial charge >= 0.3 is 0 Å². The Balaban J connectivity index is 0.00000208. The minimum absolute atomic E-state index is 0. The van der Waals surface area contributed by atoms with Crippen molar-refractivity contribution < 1.29 is 0 Å². The van der Waals surface area contributed by atoms with E-state index in [1.165, 1.54) is 57.2 Å². The lowest BCUT2D eigenvalue weighted by Crippen LogP contribution is -2.42. The molecule has 1 saturated heterocycles. The number of nitrogens with one attached hydrogen (secondary N) is 1. The molecule has 2 aliphatic rings. The van der Waals surface area contributed by atoms with Gasteiger partial charge in [-0.2, -0.15) is 5.10 Å². The van der Waals surface area contributed by atoms with Gasteiger partial charge in [-0.05, 0) is 43.1 Å². The minimum atomic E-state index is 0. The van der Waals surface area contributed by atoms with Crippen molar-refractivity contribution in [2.75, 3.05) is 26.7 Å². The van der Waals surface area contributed by atoms with E-state index in [1.807, 2.05) is 25.0 Å². The zero-order valence-corrected chi connectivity index (χ0v) is 17.5. The highest BCUT2D eigenvalue weighted by atomic mass is 127. The second kappa shape index (κ2) is 9.06. The van der Waals surface area contributed by atoms with Crippen LogP contribution in [0.1, 0.15) is 50.5 Å². The topological polar surface area (TPSA) is 45.5 Å². The van der Waals surface area contributed by atoms with Gasteiger partial charge in [0, 0.05) is 39.9 Å². The zero-order chi connectivity index (χ0) is 16.1. The Labute approximate surface area is 163 Å². The first-order valence-electron chi connectivity index (χ1n) is 9.14. The molecular weight excluding hydrogens is 413 g/mol. The molecule has 0 bridgehead atoms. The summed E-state index contributed by atoms with van der Waals surface area (Å²) in [5.74, 6) is 1.10. The molecule has 0 amide bonds. The predicted molar refractivity (Wildman–Crippen MR) is 110 cm³/mol. The molecule has 2 fully saturated rings. The molecule has 1 aromatic heterocycles. The molecule has 0 radical (unpaired) electrons. The predicted octanol–water partition coefficient (Wildman–Crippen LogP) is 3.20. The maximum atomic E-state index is 4.51. The van der Waals surface area contributed by atoms with Crippen molar-refractivity contribution in [1.29, 1.82) is 0 Å². The summed E-state index contributed by atoms with van der Waals surface area (Å²) in [7, 11) is 3.88. The van der Waals surface area contributed by atoms with Crippen LogP contribution in [0.15, 0.2) is 17.4 Å². The molecule has 0 aromatic carbocycles. The van der Waals surface area contributed by atoms with Crippen LogP contribution in [-0.4, -0.2) is 47.3 Å². The smallest absolute Gasteiger partial charge is 0.193 e. The summed E-state index contributed by atoms with van der Waals surface area (Å²) in [6.45, 7) is 3.35. The Morgan fingerprint density at radius 1 is 1.29 bits per heavy atom. The summed E-state index contributed by atoms with van der Waals surface area (Å²) in [5, 5.41) is 7.78. The number of aryl methyl sites for hydroxylation is 2. The van der Waals surface area contributed by atoms with Crippen LogP contribution in [0.3, 0.4) is 0 Å². The van der Waals surface area contributed by atoms with Crippen molar-refractivity contribution in [1.82, 2.24) is 20.0 Å². The first kappa shape index (κ1) is 19.5. The highest BCUT2D eigenvalue weighted by Crippen LogP contribution is 2.43. The fourth-order valence-electron chi connectivity index (χ4n) is 4.25. The number of hydrogen-bond acceptors (Lipinski definition) is 2. The normalized spacial score (nSPS) is 20.2. The maximum Gasteiger partial charge on any atom is 0.193 e. The molecule has 1 spiro atoms. The van der Waals surface area contributed by atoms with Gasteiger partial charge in [-0.1, -0.05) is 19.3 Å². The maximum absolute atomic E-state index is 4.51. The number of likely N-dealkylation sites (tertiary alicyclic amines) is 1. The summed E-state index contributed by atoms with van der Waals surface area (Å²) in [5.41, 5.74) is 1.90. The quantitative estimate of drug-likeness (QED) is 0.335. The summed E-state index contributed by atoms with van der Waals surface area (Å²) in [4.78, 5) is 6.99. The first-order chi connectivity index (χ1) is 11.2. The third-order valence-corrected chi connectivity index (χ3v) is 5.55. The van der Waals surface area contributed by atoms with E-state index in [-0.39, 0.29) is 24.0 Å². The zero-order valence-electron chi connectivity index (χ0n) is 15.1. The highest BCUT2D eigenvalue weighted by molar-refractivity contribution is 14.0. The molecular formula is C18H32IN5. The van der Waals surface area contributed by atoms with E-state index in [2.05, 4.69) is 26.5 Å². The van der Waals surface area contributed by atoms with Crippen molar-refractivity contribution in [2.24, 2.45) is 17.5 Å². The van der Waals surface area contributed by atoms with Gasteiger partial charge in [0.1, 0.15) is 0 Å². The minimum Gasteiger partial charge on any atom is -0.356 e. The Morgan fingerprint density at radius 2 is 2.08 bits per heavy atom. The van der Waals surface area contributed by atoms with E-state index in [0.717, 1.165) is 25.3 Å². The lowest BCUT2D eigenvalue weighted by molar-refractivity contribution is 0.203. The third-order valence-electron chi connectivity index (χ3n) is 5.55. The first-order valence-corrected chi connectivity index (χ1v) is 9.14. The standard InChI is InChI=1S/C18H31N5.HI/c1-19-17(20-11-6-7-16-13-21-22(2)14-16)23-12-10-18(15-23)8-4-3-5-9-18;/h13-14H,3-12,15H2,1-2H3,(H,19,20);1H. The van der Waals surface area contributed by atoms with Crippen LogP contribution < -0.4 is 5.32 Å². The molecule has 0 atom stereocenters. The number of halogens is 1. The van der Waals surface area contributed by atoms with Crippen LogP contribution in [0.2, 0.25) is 0 Å². The average molecular weight is 445 g/mol. The number of rotatable bonds is 4. The molecule has 1 saturated carbocycles. The number of guanidine groups is 1. The highest BCUT2D eigenvalue weighted by Gasteiger charge is 2.39. The molecule has 2 heterocycles. The van der Waals surface area contributed by atoms with Crippen LogP contribution in [0.4, 0.5) is 0 Å². The Hall–Kier alpha value is -0.790. The van der Waals surface area contributed by atoms with E-state index in [1.54, 1.807) is 0 Å². The van der Waals surface area contributed by atoms with Gasteiger partial charge in [-0.3, -0.25) is 9.67 Å². The van der Waals surface area contributed by atoms with Crippen LogP contribution in [0.5, 0.6) is 0 Å². The number of hydrogen-bond donors (Lipinski definition) is 1. The summed E-state index contributed by atoms with van der Waals surface area (Å²) >= 11 is 0. The van der Waals surface area contributed by atoms with Gasteiger partial charge in [0.15, 0.2) is 5.96 Å². The summed E-state index contributed by atoms with van der Waals surface area (Å²) < 4.78 is 1.87. The second-order valence-electron chi connectivity index (χ2n) is 7.33. The monoisotopic (exact) mass is 445 g/mol. The summed E-state index contributed by atoms with van der Waals surface area (Å²) in [6, 6.07) is 0. The molecule has 24 heavy (non-hydrogen) atoms. The molecule has 1 N–H and O–H groups in total. The Kier molecular flexibility index (Phi) is 7.37. The second-order valence-corrected chi connectivity index (χ2v) is 7.33. The molecule has 5 nitrogen and oxygen atoms in total. The Bertz CT molecular complexity index is 533. The molecule has 1 aromatic rings.